The Kier molecular flexibility index (Phi) is 2.81. The molecule has 0 spiro atoms. The Balaban J connectivity index is 2.44. The number of nitrogens with zero attached hydrogens (tertiary/aromatic N) is 1. The molecule has 0 fully saturated rings. The highest BCUT2D eigenvalue weighted by Gasteiger charge is 2.11. The first-order chi connectivity index (χ1) is 7.68. The zero-order valence-electron chi connectivity index (χ0n) is 9.40. The summed E-state index contributed by atoms with van der Waals surface area (Å²) in [5.74, 6) is 0.813. The molecule has 1 aromatic heterocycles. The molecule has 0 aliphatic carbocycles. The Labute approximate surface area is 94.4 Å². The number of aromatic amines is 1. The van der Waals surface area contributed by atoms with Gasteiger partial charge in [-0.1, -0.05) is 12.1 Å². The summed E-state index contributed by atoms with van der Waals surface area (Å²) in [4.78, 5) is 0. The number of aromatic nitrogens is 2. The average Bonchev–Trinajstić information content (AvgIpc) is 2.64. The second kappa shape index (κ2) is 4.26. The van der Waals surface area contributed by atoms with E-state index in [-0.39, 0.29) is 6.10 Å². The van der Waals surface area contributed by atoms with Gasteiger partial charge in [-0.15, -0.1) is 0 Å². The van der Waals surface area contributed by atoms with E-state index in [9.17, 15) is 0 Å². The van der Waals surface area contributed by atoms with Crippen molar-refractivity contribution in [2.45, 2.75) is 20.0 Å². The second-order valence-electron chi connectivity index (χ2n) is 3.86. The van der Waals surface area contributed by atoms with Crippen LogP contribution in [0.25, 0.3) is 11.3 Å². The molecule has 0 radical (unpaired) electrons. The van der Waals surface area contributed by atoms with Crippen molar-refractivity contribution in [3.05, 3.63) is 30.5 Å². The van der Waals surface area contributed by atoms with Crippen LogP contribution in [0, 0.1) is 0 Å². The molecule has 0 saturated carbocycles. The van der Waals surface area contributed by atoms with Crippen LogP contribution in [0.2, 0.25) is 0 Å². The third-order valence-electron chi connectivity index (χ3n) is 2.19. The molecule has 0 atom stereocenters. The van der Waals surface area contributed by atoms with Crippen molar-refractivity contribution in [1.29, 1.82) is 0 Å². The lowest BCUT2D eigenvalue weighted by molar-refractivity contribution is 0.243. The maximum Gasteiger partial charge on any atom is 0.129 e. The van der Waals surface area contributed by atoms with E-state index in [0.717, 1.165) is 17.0 Å². The van der Waals surface area contributed by atoms with Crippen LogP contribution in [0.1, 0.15) is 13.8 Å². The summed E-state index contributed by atoms with van der Waals surface area (Å²) < 4.78 is 5.72. The summed E-state index contributed by atoms with van der Waals surface area (Å²) in [6, 6.07) is 7.77. The van der Waals surface area contributed by atoms with Crippen LogP contribution in [0.4, 0.5) is 5.69 Å². The van der Waals surface area contributed by atoms with E-state index in [1.165, 1.54) is 0 Å². The maximum atomic E-state index is 5.82. The minimum atomic E-state index is 0.130. The van der Waals surface area contributed by atoms with E-state index in [2.05, 4.69) is 10.2 Å². The highest BCUT2D eigenvalue weighted by atomic mass is 16.5. The monoisotopic (exact) mass is 217 g/mol. The van der Waals surface area contributed by atoms with Crippen molar-refractivity contribution < 1.29 is 4.74 Å². The molecule has 1 aromatic carbocycles. The highest BCUT2D eigenvalue weighted by molar-refractivity contribution is 5.76. The molecule has 0 saturated heterocycles. The van der Waals surface area contributed by atoms with Crippen molar-refractivity contribution >= 4 is 5.69 Å². The minimum Gasteiger partial charge on any atom is -0.490 e. The molecule has 4 heteroatoms. The van der Waals surface area contributed by atoms with E-state index >= 15 is 0 Å². The van der Waals surface area contributed by atoms with Crippen LogP contribution >= 0.6 is 0 Å². The van der Waals surface area contributed by atoms with Crippen molar-refractivity contribution in [2.24, 2.45) is 0 Å². The lowest BCUT2D eigenvalue weighted by atomic mass is 10.1. The molecule has 84 valence electrons. The van der Waals surface area contributed by atoms with Gasteiger partial charge in [0.15, 0.2) is 0 Å². The van der Waals surface area contributed by atoms with Gasteiger partial charge in [0.1, 0.15) is 5.75 Å². The van der Waals surface area contributed by atoms with Crippen LogP contribution in [0.5, 0.6) is 5.75 Å². The quantitative estimate of drug-likeness (QED) is 0.830. The zero-order valence-corrected chi connectivity index (χ0v) is 9.40. The average molecular weight is 217 g/mol. The van der Waals surface area contributed by atoms with Gasteiger partial charge in [0.25, 0.3) is 0 Å². The van der Waals surface area contributed by atoms with Crippen LogP contribution in [-0.4, -0.2) is 16.3 Å². The van der Waals surface area contributed by atoms with E-state index in [0.29, 0.717) is 5.69 Å². The molecule has 2 rings (SSSR count). The fourth-order valence-corrected chi connectivity index (χ4v) is 1.54. The van der Waals surface area contributed by atoms with Gasteiger partial charge in [0.05, 0.1) is 23.7 Å². The Morgan fingerprint density at radius 1 is 1.31 bits per heavy atom. The molecule has 3 N–H and O–H groups in total. The lowest BCUT2D eigenvalue weighted by Crippen LogP contribution is -2.06. The Bertz CT molecular complexity index is 477. The Morgan fingerprint density at radius 2 is 2.06 bits per heavy atom. The highest BCUT2D eigenvalue weighted by Crippen LogP contribution is 2.32. The van der Waals surface area contributed by atoms with Crippen LogP contribution in [-0.2, 0) is 0 Å². The Morgan fingerprint density at radius 3 is 2.69 bits per heavy atom. The number of nitrogen functional groups attached to an aromatic ring is 1. The number of para-hydroxylation sites is 1. The largest absolute Gasteiger partial charge is 0.490 e. The van der Waals surface area contributed by atoms with E-state index in [4.69, 9.17) is 10.5 Å². The maximum absolute atomic E-state index is 5.82. The molecular formula is C12H15N3O. The number of hydrogen-bond acceptors (Lipinski definition) is 3. The normalized spacial score (nSPS) is 10.7. The topological polar surface area (TPSA) is 63.9 Å². The summed E-state index contributed by atoms with van der Waals surface area (Å²) in [5, 5.41) is 6.79. The van der Waals surface area contributed by atoms with Crippen LogP contribution in [0.15, 0.2) is 30.5 Å². The van der Waals surface area contributed by atoms with E-state index in [1.807, 2.05) is 38.1 Å². The predicted molar refractivity (Wildman–Crippen MR) is 64.2 cm³/mol. The van der Waals surface area contributed by atoms with Gasteiger partial charge in [-0.25, -0.2) is 0 Å². The number of nitrogens with one attached hydrogen (secondary N) is 1. The summed E-state index contributed by atoms with van der Waals surface area (Å²) >= 11 is 0. The van der Waals surface area contributed by atoms with Gasteiger partial charge in [-0.2, -0.15) is 5.10 Å². The predicted octanol–water partition coefficient (Wildman–Crippen LogP) is 2.45. The number of anilines is 1. The number of benzene rings is 1. The van der Waals surface area contributed by atoms with Gasteiger partial charge < -0.3 is 10.5 Å². The molecular weight excluding hydrogens is 202 g/mol. The van der Waals surface area contributed by atoms with Gasteiger partial charge in [-0.3, -0.25) is 5.10 Å². The van der Waals surface area contributed by atoms with Gasteiger partial charge >= 0.3 is 0 Å². The smallest absolute Gasteiger partial charge is 0.129 e. The first-order valence-corrected chi connectivity index (χ1v) is 5.23. The van der Waals surface area contributed by atoms with Crippen LogP contribution in [0.3, 0.4) is 0 Å². The van der Waals surface area contributed by atoms with E-state index < -0.39 is 0 Å². The second-order valence-corrected chi connectivity index (χ2v) is 3.86. The molecule has 0 aliphatic heterocycles. The number of H-pyrrole nitrogens is 1. The summed E-state index contributed by atoms with van der Waals surface area (Å²) in [7, 11) is 0. The minimum absolute atomic E-state index is 0.130. The zero-order chi connectivity index (χ0) is 11.5. The van der Waals surface area contributed by atoms with Crippen molar-refractivity contribution in [3.8, 4) is 17.0 Å². The van der Waals surface area contributed by atoms with Crippen LogP contribution < -0.4 is 10.5 Å². The fraction of sp³-hybridized carbons (Fsp3) is 0.250. The van der Waals surface area contributed by atoms with Crippen molar-refractivity contribution in [3.63, 3.8) is 0 Å². The first-order valence-electron chi connectivity index (χ1n) is 5.23. The first kappa shape index (κ1) is 10.5. The van der Waals surface area contributed by atoms with Crippen molar-refractivity contribution in [2.75, 3.05) is 5.73 Å². The van der Waals surface area contributed by atoms with Gasteiger partial charge in [-0.05, 0) is 26.0 Å². The molecule has 4 nitrogen and oxygen atoms in total. The third kappa shape index (κ3) is 2.00. The number of nitrogens with two attached hydrogens (primary N) is 1. The SMILES string of the molecule is CC(C)Oc1ccccc1-c1[nH]ncc1N. The summed E-state index contributed by atoms with van der Waals surface area (Å²) in [6.07, 6.45) is 1.73. The standard InChI is InChI=1S/C12H15N3O/c1-8(2)16-11-6-4-3-5-9(11)12-10(13)7-14-15-12/h3-8H,13H2,1-2H3,(H,14,15). The van der Waals surface area contributed by atoms with Gasteiger partial charge in [0, 0.05) is 5.56 Å². The Hall–Kier alpha value is -1.97. The number of rotatable bonds is 3. The lowest BCUT2D eigenvalue weighted by Gasteiger charge is -2.13. The third-order valence-corrected chi connectivity index (χ3v) is 2.19. The molecule has 2 aromatic rings. The molecule has 16 heavy (non-hydrogen) atoms. The molecule has 1 heterocycles. The van der Waals surface area contributed by atoms with Gasteiger partial charge in [0.2, 0.25) is 0 Å². The molecule has 0 aliphatic rings. The molecule has 0 bridgehead atoms. The fourth-order valence-electron chi connectivity index (χ4n) is 1.54. The van der Waals surface area contributed by atoms with E-state index in [1.54, 1.807) is 6.20 Å². The molecule has 0 amide bonds. The number of hydrogen-bond donors (Lipinski definition) is 2. The summed E-state index contributed by atoms with van der Waals surface area (Å²) in [5.41, 5.74) is 8.19. The van der Waals surface area contributed by atoms with Crippen molar-refractivity contribution in [1.82, 2.24) is 10.2 Å². The summed E-state index contributed by atoms with van der Waals surface area (Å²) in [6.45, 7) is 3.99. The molecule has 0 unspecified atom stereocenters. The number of ether oxygens (including phenoxy) is 1.